The number of amides is 2. The van der Waals surface area contributed by atoms with Gasteiger partial charge in [0.1, 0.15) is 11.5 Å². The summed E-state index contributed by atoms with van der Waals surface area (Å²) in [5.41, 5.74) is -0.821. The molecular weight excluding hydrogens is 273 g/mol. The van der Waals surface area contributed by atoms with Gasteiger partial charge in [-0.05, 0) is 19.8 Å². The molecule has 1 aromatic heterocycles. The van der Waals surface area contributed by atoms with Crippen molar-refractivity contribution in [2.24, 2.45) is 0 Å². The number of H-pyrrole nitrogens is 1. The largest absolute Gasteiger partial charge is 0.432 e. The second-order valence-electron chi connectivity index (χ2n) is 4.78. The number of hydrogen-bond acceptors (Lipinski definition) is 2. The van der Waals surface area contributed by atoms with Crippen LogP contribution in [0.1, 0.15) is 37.2 Å². The lowest BCUT2D eigenvalue weighted by atomic mass is 9.96. The van der Waals surface area contributed by atoms with Gasteiger partial charge in [-0.15, -0.1) is 0 Å². The molecule has 0 atom stereocenters. The van der Waals surface area contributed by atoms with E-state index in [1.165, 1.54) is 0 Å². The molecule has 2 N–H and O–H groups in total. The molecule has 20 heavy (non-hydrogen) atoms. The molecule has 8 heteroatoms. The van der Waals surface area contributed by atoms with Gasteiger partial charge in [0.15, 0.2) is 0 Å². The molecule has 5 nitrogen and oxygen atoms in total. The Labute approximate surface area is 114 Å². The number of rotatable bonds is 2. The van der Waals surface area contributed by atoms with E-state index in [2.05, 4.69) is 15.3 Å². The average molecular weight is 290 g/mol. The van der Waals surface area contributed by atoms with E-state index >= 15 is 0 Å². The van der Waals surface area contributed by atoms with Gasteiger partial charge < -0.3 is 15.2 Å². The molecule has 0 bridgehead atoms. The van der Waals surface area contributed by atoms with Crippen LogP contribution in [0.5, 0.6) is 0 Å². The molecule has 0 aliphatic carbocycles. The predicted octanol–water partition coefficient (Wildman–Crippen LogP) is 2.34. The molecular formula is C12H17F3N4O. The third-order valence-corrected chi connectivity index (χ3v) is 3.40. The number of halogens is 3. The third kappa shape index (κ3) is 3.23. The molecule has 112 valence electrons. The quantitative estimate of drug-likeness (QED) is 0.878. The number of likely N-dealkylation sites (tertiary alicyclic amines) is 1. The summed E-state index contributed by atoms with van der Waals surface area (Å²) in [4.78, 5) is 19.4. The van der Waals surface area contributed by atoms with Crippen molar-refractivity contribution in [1.82, 2.24) is 20.2 Å². The summed E-state index contributed by atoms with van der Waals surface area (Å²) in [5.74, 6) is 0.296. The van der Waals surface area contributed by atoms with E-state index in [4.69, 9.17) is 0 Å². The van der Waals surface area contributed by atoms with E-state index in [-0.39, 0.29) is 11.9 Å². The van der Waals surface area contributed by atoms with Crippen molar-refractivity contribution >= 4 is 6.03 Å². The van der Waals surface area contributed by atoms with Gasteiger partial charge in [-0.2, -0.15) is 13.2 Å². The zero-order valence-corrected chi connectivity index (χ0v) is 11.1. The van der Waals surface area contributed by atoms with Crippen LogP contribution < -0.4 is 5.32 Å². The van der Waals surface area contributed by atoms with E-state index in [9.17, 15) is 18.0 Å². The van der Waals surface area contributed by atoms with Gasteiger partial charge in [-0.1, -0.05) is 0 Å². The molecule has 0 saturated carbocycles. The molecule has 0 unspecified atom stereocenters. The molecule has 0 spiro atoms. The fraction of sp³-hybridized carbons (Fsp3) is 0.667. The van der Waals surface area contributed by atoms with Gasteiger partial charge >= 0.3 is 12.2 Å². The number of alkyl halides is 3. The highest BCUT2D eigenvalue weighted by molar-refractivity contribution is 5.74. The lowest BCUT2D eigenvalue weighted by Gasteiger charge is -2.31. The van der Waals surface area contributed by atoms with Crippen molar-refractivity contribution in [3.05, 3.63) is 17.7 Å². The standard InChI is InChI=1S/C12H17F3N4O/c1-2-16-11(20)19-5-3-8(4-6-19)10-17-7-9(18-10)12(13,14)15/h7-8H,2-6H2,1H3,(H,16,20)(H,17,18). The second kappa shape index (κ2) is 5.72. The maximum atomic E-state index is 12.5. The number of carbonyl (C=O) groups is 1. The molecule has 1 aliphatic rings. The smallest absolute Gasteiger partial charge is 0.338 e. The lowest BCUT2D eigenvalue weighted by molar-refractivity contribution is -0.141. The second-order valence-corrected chi connectivity index (χ2v) is 4.78. The fourth-order valence-electron chi connectivity index (χ4n) is 2.31. The summed E-state index contributed by atoms with van der Waals surface area (Å²) in [6.45, 7) is 3.45. The van der Waals surface area contributed by atoms with Crippen molar-refractivity contribution in [2.45, 2.75) is 31.9 Å². The van der Waals surface area contributed by atoms with Crippen LogP contribution in [-0.2, 0) is 6.18 Å². The topological polar surface area (TPSA) is 61.0 Å². The van der Waals surface area contributed by atoms with Gasteiger partial charge in [-0.3, -0.25) is 0 Å². The summed E-state index contributed by atoms with van der Waals surface area (Å²) in [6, 6.07) is -0.124. The van der Waals surface area contributed by atoms with Crippen LogP contribution in [0, 0.1) is 0 Å². The number of hydrogen-bond donors (Lipinski definition) is 2. The van der Waals surface area contributed by atoms with Crippen LogP contribution in [0.4, 0.5) is 18.0 Å². The Morgan fingerprint density at radius 3 is 2.65 bits per heavy atom. The van der Waals surface area contributed by atoms with Crippen molar-refractivity contribution in [2.75, 3.05) is 19.6 Å². The van der Waals surface area contributed by atoms with E-state index in [1.807, 2.05) is 6.92 Å². The summed E-state index contributed by atoms with van der Waals surface area (Å²) < 4.78 is 37.5. The average Bonchev–Trinajstić information content (AvgIpc) is 2.89. The summed E-state index contributed by atoms with van der Waals surface area (Å²) >= 11 is 0. The molecule has 2 amide bonds. The molecule has 1 fully saturated rings. The first-order chi connectivity index (χ1) is 9.41. The first-order valence-corrected chi connectivity index (χ1v) is 6.56. The van der Waals surface area contributed by atoms with Crippen LogP contribution in [-0.4, -0.2) is 40.5 Å². The molecule has 2 heterocycles. The predicted molar refractivity (Wildman–Crippen MR) is 66.2 cm³/mol. The molecule has 1 aliphatic heterocycles. The van der Waals surface area contributed by atoms with Gasteiger partial charge in [0.05, 0.1) is 6.20 Å². The molecule has 0 radical (unpaired) electrons. The number of imidazole rings is 1. The van der Waals surface area contributed by atoms with E-state index in [0.29, 0.717) is 38.3 Å². The highest BCUT2D eigenvalue weighted by Crippen LogP contribution is 2.31. The first-order valence-electron chi connectivity index (χ1n) is 6.56. The highest BCUT2D eigenvalue weighted by Gasteiger charge is 2.34. The zero-order chi connectivity index (χ0) is 14.8. The fourth-order valence-corrected chi connectivity index (χ4v) is 2.31. The van der Waals surface area contributed by atoms with Gasteiger partial charge in [0, 0.05) is 25.6 Å². The Morgan fingerprint density at radius 1 is 1.50 bits per heavy atom. The Bertz CT molecular complexity index is 464. The summed E-state index contributed by atoms with van der Waals surface area (Å²) in [7, 11) is 0. The monoisotopic (exact) mass is 290 g/mol. The first kappa shape index (κ1) is 14.7. The maximum absolute atomic E-state index is 12.5. The molecule has 0 aromatic carbocycles. The van der Waals surface area contributed by atoms with Gasteiger partial charge in [0.25, 0.3) is 0 Å². The molecule has 2 rings (SSSR count). The van der Waals surface area contributed by atoms with E-state index < -0.39 is 11.9 Å². The normalized spacial score (nSPS) is 17.3. The maximum Gasteiger partial charge on any atom is 0.432 e. The highest BCUT2D eigenvalue weighted by atomic mass is 19.4. The van der Waals surface area contributed by atoms with Crippen LogP contribution >= 0.6 is 0 Å². The molecule has 1 saturated heterocycles. The van der Waals surface area contributed by atoms with Crippen LogP contribution in [0.3, 0.4) is 0 Å². The van der Waals surface area contributed by atoms with Crippen LogP contribution in [0.2, 0.25) is 0 Å². The van der Waals surface area contributed by atoms with Crippen LogP contribution in [0.25, 0.3) is 0 Å². The van der Waals surface area contributed by atoms with Crippen molar-refractivity contribution in [1.29, 1.82) is 0 Å². The Morgan fingerprint density at radius 2 is 2.15 bits per heavy atom. The lowest BCUT2D eigenvalue weighted by Crippen LogP contribution is -2.44. The van der Waals surface area contributed by atoms with Crippen molar-refractivity contribution in [3.8, 4) is 0 Å². The van der Waals surface area contributed by atoms with Crippen molar-refractivity contribution < 1.29 is 18.0 Å². The summed E-state index contributed by atoms with van der Waals surface area (Å²) in [6.07, 6.45) is -2.34. The number of aromatic amines is 1. The van der Waals surface area contributed by atoms with Gasteiger partial charge in [-0.25, -0.2) is 9.78 Å². The van der Waals surface area contributed by atoms with Crippen molar-refractivity contribution in [3.63, 3.8) is 0 Å². The number of aromatic nitrogens is 2. The van der Waals surface area contributed by atoms with Crippen LogP contribution in [0.15, 0.2) is 6.20 Å². The Kier molecular flexibility index (Phi) is 4.20. The molecule has 1 aromatic rings. The minimum atomic E-state index is -4.40. The number of carbonyl (C=O) groups excluding carboxylic acids is 1. The number of nitrogens with zero attached hydrogens (tertiary/aromatic N) is 2. The number of urea groups is 1. The third-order valence-electron chi connectivity index (χ3n) is 3.40. The Balaban J connectivity index is 1.94. The Hall–Kier alpha value is -1.73. The van der Waals surface area contributed by atoms with E-state index in [1.54, 1.807) is 4.90 Å². The summed E-state index contributed by atoms with van der Waals surface area (Å²) in [5, 5.41) is 2.71. The SMILES string of the molecule is CCNC(=O)N1CCC(c2ncc(C(F)(F)F)[nH]2)CC1. The number of piperidine rings is 1. The zero-order valence-electron chi connectivity index (χ0n) is 11.1. The number of nitrogens with one attached hydrogen (secondary N) is 2. The van der Waals surface area contributed by atoms with Gasteiger partial charge in [0.2, 0.25) is 0 Å². The minimum absolute atomic E-state index is 0.0585. The minimum Gasteiger partial charge on any atom is -0.338 e. The van der Waals surface area contributed by atoms with E-state index in [0.717, 1.165) is 6.20 Å².